The van der Waals surface area contributed by atoms with Gasteiger partial charge in [0, 0.05) is 12.3 Å². The summed E-state index contributed by atoms with van der Waals surface area (Å²) in [6.07, 6.45) is 5.39. The minimum Gasteiger partial charge on any atom is -0.370 e. The van der Waals surface area contributed by atoms with Gasteiger partial charge in [-0.05, 0) is 18.8 Å². The highest BCUT2D eigenvalue weighted by Gasteiger charge is 2.17. The molecule has 1 radical (unpaired) electrons. The van der Waals surface area contributed by atoms with E-state index in [-0.39, 0.29) is 17.7 Å². The molecule has 0 spiro atoms. The maximum atomic E-state index is 10.9. The number of unbranched alkanes of at least 4 members (excludes halogenated alkanes) is 3. The van der Waals surface area contributed by atoms with E-state index in [1.165, 1.54) is 0 Å². The van der Waals surface area contributed by atoms with Gasteiger partial charge in [0.15, 0.2) is 0 Å². The Morgan fingerprint density at radius 2 is 1.50 bits per heavy atom. The molecule has 4 nitrogen and oxygen atoms in total. The summed E-state index contributed by atoms with van der Waals surface area (Å²) in [5.74, 6) is 0.518. The molecule has 4 heteroatoms. The lowest BCUT2D eigenvalue weighted by atomic mass is 9.90. The summed E-state index contributed by atoms with van der Waals surface area (Å²) < 4.78 is 0. The van der Waals surface area contributed by atoms with E-state index in [0.717, 1.165) is 38.0 Å². The van der Waals surface area contributed by atoms with E-state index in [4.69, 9.17) is 11.5 Å². The van der Waals surface area contributed by atoms with Crippen LogP contribution >= 0.6 is 0 Å². The summed E-state index contributed by atoms with van der Waals surface area (Å²) in [4.78, 5) is 21.4. The van der Waals surface area contributed by atoms with Gasteiger partial charge in [-0.2, -0.15) is 0 Å². The number of primary amides is 2. The fourth-order valence-electron chi connectivity index (χ4n) is 1.52. The zero-order chi connectivity index (χ0) is 12.6. The van der Waals surface area contributed by atoms with Gasteiger partial charge in [-0.3, -0.25) is 9.59 Å². The quantitative estimate of drug-likeness (QED) is 0.585. The van der Waals surface area contributed by atoms with Crippen LogP contribution in [-0.2, 0) is 9.59 Å². The van der Waals surface area contributed by atoms with Crippen LogP contribution in [0.3, 0.4) is 0 Å². The summed E-state index contributed by atoms with van der Waals surface area (Å²) in [7, 11) is 0. The Labute approximate surface area is 97.8 Å². The Morgan fingerprint density at radius 3 is 1.94 bits per heavy atom. The summed E-state index contributed by atoms with van der Waals surface area (Å²) in [6.45, 7) is 3.81. The predicted octanol–water partition coefficient (Wildman–Crippen LogP) is 1.53. The predicted molar refractivity (Wildman–Crippen MR) is 64.2 cm³/mol. The highest BCUT2D eigenvalue weighted by atomic mass is 16.1. The van der Waals surface area contributed by atoms with Crippen LogP contribution in [0.2, 0.25) is 0 Å². The molecule has 93 valence electrons. The number of rotatable bonds is 9. The molecule has 0 aliphatic rings. The second-order valence-corrected chi connectivity index (χ2v) is 4.35. The minimum atomic E-state index is -0.258. The van der Waals surface area contributed by atoms with Crippen LogP contribution in [0.15, 0.2) is 0 Å². The monoisotopic (exact) mass is 227 g/mol. The van der Waals surface area contributed by atoms with E-state index in [1.807, 2.05) is 13.8 Å². The molecule has 2 amide bonds. The van der Waals surface area contributed by atoms with Crippen LogP contribution < -0.4 is 11.5 Å². The Bertz CT molecular complexity index is 229. The molecule has 0 aliphatic carbocycles. The molecule has 0 aromatic carbocycles. The first-order valence-corrected chi connectivity index (χ1v) is 5.85. The average molecular weight is 227 g/mol. The molecular weight excluding hydrogens is 204 g/mol. The molecule has 0 aromatic heterocycles. The summed E-state index contributed by atoms with van der Waals surface area (Å²) in [6, 6.07) is 0. The fourth-order valence-corrected chi connectivity index (χ4v) is 1.52. The second-order valence-electron chi connectivity index (χ2n) is 4.35. The molecule has 0 saturated carbocycles. The van der Waals surface area contributed by atoms with Crippen molar-refractivity contribution in [2.75, 3.05) is 0 Å². The Kier molecular flexibility index (Phi) is 7.60. The average Bonchev–Trinajstić information content (AvgIpc) is 2.21. The first-order valence-electron chi connectivity index (χ1n) is 5.85. The highest BCUT2D eigenvalue weighted by Crippen LogP contribution is 2.20. The maximum Gasteiger partial charge on any atom is 0.220 e. The minimum absolute atomic E-state index is 0.134. The molecule has 0 saturated heterocycles. The van der Waals surface area contributed by atoms with E-state index in [9.17, 15) is 9.59 Å². The van der Waals surface area contributed by atoms with Gasteiger partial charge < -0.3 is 11.5 Å². The van der Waals surface area contributed by atoms with Gasteiger partial charge in [0.25, 0.3) is 0 Å². The number of carbonyl (C=O) groups excluding carboxylic acids is 2. The molecule has 1 unspecified atom stereocenters. The number of hydrogen-bond donors (Lipinski definition) is 2. The van der Waals surface area contributed by atoms with Gasteiger partial charge in [-0.1, -0.05) is 33.1 Å². The van der Waals surface area contributed by atoms with Crippen molar-refractivity contribution in [3.8, 4) is 0 Å². The Hall–Kier alpha value is -1.06. The van der Waals surface area contributed by atoms with Crippen LogP contribution in [0.25, 0.3) is 0 Å². The molecule has 0 heterocycles. The molecule has 0 aromatic rings. The lowest BCUT2D eigenvalue weighted by Crippen LogP contribution is -2.24. The summed E-state index contributed by atoms with van der Waals surface area (Å²) in [5, 5.41) is 0. The van der Waals surface area contributed by atoms with Crippen LogP contribution in [-0.4, -0.2) is 11.8 Å². The van der Waals surface area contributed by atoms with E-state index < -0.39 is 0 Å². The van der Waals surface area contributed by atoms with Crippen LogP contribution in [0.4, 0.5) is 0 Å². The first kappa shape index (κ1) is 14.9. The zero-order valence-corrected chi connectivity index (χ0v) is 10.3. The fraction of sp³-hybridized carbons (Fsp3) is 0.750. The lowest BCUT2D eigenvalue weighted by Gasteiger charge is -2.15. The number of nitrogens with two attached hydrogens (primary N) is 2. The number of hydrogen-bond acceptors (Lipinski definition) is 2. The first-order chi connectivity index (χ1) is 7.45. The van der Waals surface area contributed by atoms with E-state index in [0.29, 0.717) is 6.42 Å². The van der Waals surface area contributed by atoms with Crippen LogP contribution in [0.5, 0.6) is 0 Å². The third-order valence-corrected chi connectivity index (χ3v) is 2.91. The van der Waals surface area contributed by atoms with Gasteiger partial charge in [-0.25, -0.2) is 0 Å². The SMILES string of the molecule is C[C](CCCCCCC(N)=O)C(C)C(N)=O. The van der Waals surface area contributed by atoms with Crippen molar-refractivity contribution >= 4 is 11.8 Å². The zero-order valence-electron chi connectivity index (χ0n) is 10.3. The van der Waals surface area contributed by atoms with Crippen LogP contribution in [0.1, 0.15) is 52.4 Å². The van der Waals surface area contributed by atoms with Crippen molar-refractivity contribution in [3.05, 3.63) is 5.92 Å². The van der Waals surface area contributed by atoms with Crippen molar-refractivity contribution in [1.29, 1.82) is 0 Å². The number of carbonyl (C=O) groups is 2. The molecular formula is C12H23N2O2. The second kappa shape index (κ2) is 8.13. The molecule has 0 aliphatic heterocycles. The van der Waals surface area contributed by atoms with Crippen LogP contribution in [0, 0.1) is 11.8 Å². The molecule has 1 atom stereocenters. The van der Waals surface area contributed by atoms with Crippen molar-refractivity contribution in [1.82, 2.24) is 0 Å². The van der Waals surface area contributed by atoms with Crippen molar-refractivity contribution < 1.29 is 9.59 Å². The van der Waals surface area contributed by atoms with Gasteiger partial charge in [0.05, 0.1) is 0 Å². The van der Waals surface area contributed by atoms with Crippen molar-refractivity contribution in [2.24, 2.45) is 17.4 Å². The molecule has 0 fully saturated rings. The normalized spacial score (nSPS) is 12.7. The lowest BCUT2D eigenvalue weighted by molar-refractivity contribution is -0.121. The third kappa shape index (κ3) is 7.26. The molecule has 4 N–H and O–H groups in total. The largest absolute Gasteiger partial charge is 0.370 e. The van der Waals surface area contributed by atoms with E-state index in [2.05, 4.69) is 0 Å². The third-order valence-electron chi connectivity index (χ3n) is 2.91. The standard InChI is InChI=1S/C12H23N2O2/c1-9(10(2)12(14)16)7-5-3-4-6-8-11(13)15/h10H,3-8H2,1-2H3,(H2,13,15)(H2,14,16). The molecule has 0 bridgehead atoms. The van der Waals surface area contributed by atoms with Gasteiger partial charge in [0.1, 0.15) is 0 Å². The summed E-state index contributed by atoms with van der Waals surface area (Å²) >= 11 is 0. The van der Waals surface area contributed by atoms with E-state index in [1.54, 1.807) is 0 Å². The summed E-state index contributed by atoms with van der Waals surface area (Å²) in [5.41, 5.74) is 10.2. The smallest absolute Gasteiger partial charge is 0.220 e. The van der Waals surface area contributed by atoms with Gasteiger partial charge in [0.2, 0.25) is 11.8 Å². The Balaban J connectivity index is 3.44. The number of amides is 2. The Morgan fingerprint density at radius 1 is 1.00 bits per heavy atom. The molecule has 0 rings (SSSR count). The highest BCUT2D eigenvalue weighted by molar-refractivity contribution is 5.78. The van der Waals surface area contributed by atoms with Gasteiger partial charge in [-0.15, -0.1) is 0 Å². The topological polar surface area (TPSA) is 86.2 Å². The van der Waals surface area contributed by atoms with E-state index >= 15 is 0 Å². The molecule has 16 heavy (non-hydrogen) atoms. The maximum absolute atomic E-state index is 10.9. The van der Waals surface area contributed by atoms with Crippen molar-refractivity contribution in [2.45, 2.75) is 52.4 Å². The van der Waals surface area contributed by atoms with Gasteiger partial charge >= 0.3 is 0 Å². The van der Waals surface area contributed by atoms with Crippen molar-refractivity contribution in [3.63, 3.8) is 0 Å².